The van der Waals surface area contributed by atoms with Crippen molar-refractivity contribution in [2.24, 2.45) is 5.73 Å². The smallest absolute Gasteiger partial charge is 0.163 e. The highest BCUT2D eigenvalue weighted by molar-refractivity contribution is 5.35. The van der Waals surface area contributed by atoms with Crippen LogP contribution < -0.4 is 5.73 Å². The number of nitrogens with zero attached hydrogens (tertiary/aromatic N) is 4. The first kappa shape index (κ1) is 10.9. The molecular formula is C13H13N5. The highest BCUT2D eigenvalue weighted by Crippen LogP contribution is 2.14. The zero-order valence-electron chi connectivity index (χ0n) is 9.77. The largest absolute Gasteiger partial charge is 0.324 e. The minimum atomic E-state index is -0.0844. The molecule has 1 unspecified atom stereocenters. The summed E-state index contributed by atoms with van der Waals surface area (Å²) in [5, 5.41) is 8.24. The second-order valence-electron chi connectivity index (χ2n) is 4.15. The Bertz CT molecular complexity index is 647. The van der Waals surface area contributed by atoms with Crippen LogP contribution in [0.1, 0.15) is 17.4 Å². The lowest BCUT2D eigenvalue weighted by Gasteiger charge is -2.10. The van der Waals surface area contributed by atoms with Gasteiger partial charge in [-0.05, 0) is 5.56 Å². The van der Waals surface area contributed by atoms with E-state index in [4.69, 9.17) is 5.73 Å². The molecule has 0 bridgehead atoms. The first-order valence-electron chi connectivity index (χ1n) is 5.79. The number of hydrogen-bond donors (Lipinski definition) is 1. The van der Waals surface area contributed by atoms with E-state index in [0.717, 1.165) is 17.0 Å². The lowest BCUT2D eigenvalue weighted by atomic mass is 10.0. The maximum absolute atomic E-state index is 6.18. The van der Waals surface area contributed by atoms with Gasteiger partial charge in [-0.25, -0.2) is 4.98 Å². The molecule has 0 saturated carbocycles. The van der Waals surface area contributed by atoms with Crippen LogP contribution in [-0.2, 0) is 6.42 Å². The molecule has 3 rings (SSSR count). The van der Waals surface area contributed by atoms with Crippen molar-refractivity contribution in [2.75, 3.05) is 0 Å². The van der Waals surface area contributed by atoms with Crippen LogP contribution in [0.5, 0.6) is 0 Å². The highest BCUT2D eigenvalue weighted by Gasteiger charge is 2.11. The van der Waals surface area contributed by atoms with Gasteiger partial charge in [-0.1, -0.05) is 30.3 Å². The number of benzene rings is 1. The quantitative estimate of drug-likeness (QED) is 0.749. The van der Waals surface area contributed by atoms with Gasteiger partial charge in [-0.3, -0.25) is 4.40 Å². The Labute approximate surface area is 104 Å². The van der Waals surface area contributed by atoms with Crippen LogP contribution in [0, 0.1) is 0 Å². The van der Waals surface area contributed by atoms with Gasteiger partial charge in [0.25, 0.3) is 0 Å². The standard InChI is InChI=1S/C13H13N5/c14-11(10-4-2-1-3-5-10)8-13-17-16-12-6-7-15-9-18(12)13/h1-7,9,11H,8,14H2. The minimum Gasteiger partial charge on any atom is -0.324 e. The fourth-order valence-corrected chi connectivity index (χ4v) is 1.95. The van der Waals surface area contributed by atoms with Gasteiger partial charge in [0.1, 0.15) is 12.2 Å². The lowest BCUT2D eigenvalue weighted by molar-refractivity contribution is 0.679. The summed E-state index contributed by atoms with van der Waals surface area (Å²) < 4.78 is 1.86. The number of nitrogens with two attached hydrogens (primary N) is 1. The fourth-order valence-electron chi connectivity index (χ4n) is 1.95. The maximum Gasteiger partial charge on any atom is 0.163 e. The van der Waals surface area contributed by atoms with Crippen LogP contribution in [0.2, 0.25) is 0 Å². The Morgan fingerprint density at radius 1 is 1.11 bits per heavy atom. The van der Waals surface area contributed by atoms with E-state index in [0.29, 0.717) is 6.42 Å². The highest BCUT2D eigenvalue weighted by atomic mass is 15.3. The topological polar surface area (TPSA) is 69.1 Å². The van der Waals surface area contributed by atoms with Crippen molar-refractivity contribution in [3.05, 3.63) is 60.3 Å². The molecule has 0 aliphatic heterocycles. The Kier molecular flexibility index (Phi) is 2.74. The minimum absolute atomic E-state index is 0.0844. The summed E-state index contributed by atoms with van der Waals surface area (Å²) in [6.07, 6.45) is 4.05. The van der Waals surface area contributed by atoms with E-state index in [1.165, 1.54) is 0 Å². The number of rotatable bonds is 3. The van der Waals surface area contributed by atoms with Crippen molar-refractivity contribution in [3.8, 4) is 0 Å². The lowest BCUT2D eigenvalue weighted by Crippen LogP contribution is -2.15. The molecule has 2 N–H and O–H groups in total. The van der Waals surface area contributed by atoms with Crippen molar-refractivity contribution in [1.29, 1.82) is 0 Å². The van der Waals surface area contributed by atoms with E-state index in [-0.39, 0.29) is 6.04 Å². The van der Waals surface area contributed by atoms with Gasteiger partial charge in [0.2, 0.25) is 0 Å². The Morgan fingerprint density at radius 3 is 2.78 bits per heavy atom. The molecule has 0 saturated heterocycles. The van der Waals surface area contributed by atoms with E-state index < -0.39 is 0 Å². The molecule has 0 spiro atoms. The van der Waals surface area contributed by atoms with Crippen LogP contribution in [-0.4, -0.2) is 19.6 Å². The number of aromatic nitrogens is 4. The third-order valence-electron chi connectivity index (χ3n) is 2.91. The predicted octanol–water partition coefficient (Wildman–Crippen LogP) is 1.37. The van der Waals surface area contributed by atoms with Crippen LogP contribution >= 0.6 is 0 Å². The SMILES string of the molecule is NC(Cc1nnc2ccncn12)c1ccccc1. The molecule has 3 aromatic rings. The van der Waals surface area contributed by atoms with Gasteiger partial charge in [0.15, 0.2) is 5.65 Å². The Morgan fingerprint density at radius 2 is 1.94 bits per heavy atom. The number of hydrogen-bond acceptors (Lipinski definition) is 4. The van der Waals surface area contributed by atoms with E-state index >= 15 is 0 Å². The summed E-state index contributed by atoms with van der Waals surface area (Å²) in [7, 11) is 0. The van der Waals surface area contributed by atoms with E-state index in [1.54, 1.807) is 12.5 Å². The van der Waals surface area contributed by atoms with Crippen molar-refractivity contribution in [2.45, 2.75) is 12.5 Å². The maximum atomic E-state index is 6.18. The average Bonchev–Trinajstić information content (AvgIpc) is 2.83. The summed E-state index contributed by atoms with van der Waals surface area (Å²) in [5.41, 5.74) is 8.06. The predicted molar refractivity (Wildman–Crippen MR) is 67.9 cm³/mol. The molecule has 0 aliphatic rings. The molecule has 0 radical (unpaired) electrons. The van der Waals surface area contributed by atoms with E-state index in [1.807, 2.05) is 40.8 Å². The molecule has 0 aliphatic carbocycles. The molecule has 1 atom stereocenters. The molecule has 2 aromatic heterocycles. The third kappa shape index (κ3) is 1.96. The molecule has 5 heteroatoms. The summed E-state index contributed by atoms with van der Waals surface area (Å²) in [4.78, 5) is 4.07. The van der Waals surface area contributed by atoms with Crippen LogP contribution in [0.15, 0.2) is 48.9 Å². The van der Waals surface area contributed by atoms with E-state index in [2.05, 4.69) is 15.2 Å². The molecule has 1 aromatic carbocycles. The summed E-state index contributed by atoms with van der Waals surface area (Å²) >= 11 is 0. The molecule has 0 amide bonds. The second-order valence-corrected chi connectivity index (χ2v) is 4.15. The first-order valence-corrected chi connectivity index (χ1v) is 5.79. The molecule has 0 fully saturated rings. The first-order chi connectivity index (χ1) is 8.84. The van der Waals surface area contributed by atoms with Crippen molar-refractivity contribution < 1.29 is 0 Å². The van der Waals surface area contributed by atoms with Gasteiger partial charge in [0, 0.05) is 24.7 Å². The normalized spacial score (nSPS) is 12.7. The van der Waals surface area contributed by atoms with Crippen LogP contribution in [0.25, 0.3) is 5.65 Å². The van der Waals surface area contributed by atoms with Crippen molar-refractivity contribution in [3.63, 3.8) is 0 Å². The van der Waals surface area contributed by atoms with Crippen LogP contribution in [0.3, 0.4) is 0 Å². The Hall–Kier alpha value is -2.27. The number of fused-ring (bicyclic) bond motifs is 1. The van der Waals surface area contributed by atoms with Gasteiger partial charge >= 0.3 is 0 Å². The summed E-state index contributed by atoms with van der Waals surface area (Å²) in [6.45, 7) is 0. The second kappa shape index (κ2) is 4.54. The Balaban J connectivity index is 1.89. The zero-order valence-corrected chi connectivity index (χ0v) is 9.77. The van der Waals surface area contributed by atoms with Gasteiger partial charge in [-0.15, -0.1) is 10.2 Å². The van der Waals surface area contributed by atoms with Gasteiger partial charge in [0.05, 0.1) is 0 Å². The average molecular weight is 239 g/mol. The van der Waals surface area contributed by atoms with Crippen molar-refractivity contribution in [1.82, 2.24) is 19.6 Å². The summed E-state index contributed by atoms with van der Waals surface area (Å²) in [5.74, 6) is 0.828. The fraction of sp³-hybridized carbons (Fsp3) is 0.154. The summed E-state index contributed by atoms with van der Waals surface area (Å²) in [6, 6.07) is 11.7. The molecule has 2 heterocycles. The third-order valence-corrected chi connectivity index (χ3v) is 2.91. The van der Waals surface area contributed by atoms with E-state index in [9.17, 15) is 0 Å². The molecule has 5 nitrogen and oxygen atoms in total. The zero-order chi connectivity index (χ0) is 12.4. The van der Waals surface area contributed by atoms with Gasteiger partial charge < -0.3 is 5.73 Å². The molecule has 18 heavy (non-hydrogen) atoms. The molecule has 90 valence electrons. The monoisotopic (exact) mass is 239 g/mol. The van der Waals surface area contributed by atoms with Crippen molar-refractivity contribution >= 4 is 5.65 Å². The van der Waals surface area contributed by atoms with Gasteiger partial charge in [-0.2, -0.15) is 0 Å². The van der Waals surface area contributed by atoms with Crippen LogP contribution in [0.4, 0.5) is 0 Å². The molecular weight excluding hydrogens is 226 g/mol.